The van der Waals surface area contributed by atoms with E-state index in [-0.39, 0.29) is 9.30 Å². The highest BCUT2D eigenvalue weighted by Gasteiger charge is 2.44. The van der Waals surface area contributed by atoms with Crippen molar-refractivity contribution in [2.45, 2.75) is 29.2 Å². The summed E-state index contributed by atoms with van der Waals surface area (Å²) in [6.07, 6.45) is 0. The van der Waals surface area contributed by atoms with Gasteiger partial charge in [-0.05, 0) is 13.8 Å². The van der Waals surface area contributed by atoms with Crippen LogP contribution >= 0.6 is 22.6 Å². The molecule has 1 aliphatic heterocycles. The van der Waals surface area contributed by atoms with Crippen molar-refractivity contribution in [2.75, 3.05) is 6.54 Å². The number of nitrogens with zero attached hydrogens (tertiary/aromatic N) is 1. The normalized spacial score (nSPS) is 32.1. The molecule has 4 nitrogen and oxygen atoms in total. The highest BCUT2D eigenvalue weighted by Crippen LogP contribution is 2.30. The standard InChI is InChI=1S/C6H13IN2O2S/c1-4(2)9-3-5(6(9)7)12(8,10)11/h4-6H,3H2,1-2H3,(H2,8,10,11). The van der Waals surface area contributed by atoms with Crippen LogP contribution in [0.1, 0.15) is 13.8 Å². The molecule has 2 unspecified atom stereocenters. The molecule has 1 rings (SSSR count). The van der Waals surface area contributed by atoms with Crippen LogP contribution in [-0.4, -0.2) is 35.2 Å². The van der Waals surface area contributed by atoms with Gasteiger partial charge in [-0.2, -0.15) is 0 Å². The predicted octanol–water partition coefficient (Wildman–Crippen LogP) is 0.129. The fourth-order valence-electron chi connectivity index (χ4n) is 1.23. The maximum Gasteiger partial charge on any atom is 0.215 e. The van der Waals surface area contributed by atoms with E-state index < -0.39 is 10.0 Å². The number of sulfonamides is 1. The second-order valence-electron chi connectivity index (χ2n) is 3.29. The smallest absolute Gasteiger partial charge is 0.215 e. The number of alkyl halides is 1. The molecule has 12 heavy (non-hydrogen) atoms. The number of primary sulfonamides is 1. The Bertz CT molecular complexity index is 265. The predicted molar refractivity (Wildman–Crippen MR) is 56.5 cm³/mol. The van der Waals surface area contributed by atoms with E-state index >= 15 is 0 Å². The number of rotatable bonds is 2. The van der Waals surface area contributed by atoms with Crippen molar-refractivity contribution >= 4 is 32.6 Å². The zero-order valence-corrected chi connectivity index (χ0v) is 10.0. The van der Waals surface area contributed by atoms with E-state index in [2.05, 4.69) is 27.5 Å². The van der Waals surface area contributed by atoms with Crippen molar-refractivity contribution in [2.24, 2.45) is 5.14 Å². The third kappa shape index (κ3) is 1.91. The largest absolute Gasteiger partial charge is 0.287 e. The molecule has 0 aromatic carbocycles. The lowest BCUT2D eigenvalue weighted by Gasteiger charge is -2.45. The Balaban J connectivity index is 2.61. The van der Waals surface area contributed by atoms with Crippen molar-refractivity contribution in [1.29, 1.82) is 0 Å². The second-order valence-corrected chi connectivity index (χ2v) is 6.35. The van der Waals surface area contributed by atoms with Crippen LogP contribution < -0.4 is 5.14 Å². The quantitative estimate of drug-likeness (QED) is 0.448. The molecule has 0 saturated carbocycles. The van der Waals surface area contributed by atoms with Gasteiger partial charge in [0.1, 0.15) is 5.25 Å². The molecule has 1 fully saturated rings. The lowest BCUT2D eigenvalue weighted by Crippen LogP contribution is -2.63. The zero-order valence-electron chi connectivity index (χ0n) is 7.07. The van der Waals surface area contributed by atoms with Crippen LogP contribution in [0, 0.1) is 0 Å². The van der Waals surface area contributed by atoms with E-state index in [9.17, 15) is 8.42 Å². The Morgan fingerprint density at radius 2 is 2.08 bits per heavy atom. The van der Waals surface area contributed by atoms with E-state index in [1.54, 1.807) is 0 Å². The molecule has 2 atom stereocenters. The third-order valence-electron chi connectivity index (χ3n) is 2.10. The van der Waals surface area contributed by atoms with Crippen molar-refractivity contribution < 1.29 is 8.42 Å². The Kier molecular flexibility index (Phi) is 3.02. The van der Waals surface area contributed by atoms with Crippen LogP contribution in [0.4, 0.5) is 0 Å². The van der Waals surface area contributed by atoms with E-state index in [0.29, 0.717) is 12.6 Å². The molecule has 0 aromatic rings. The number of nitrogens with two attached hydrogens (primary N) is 1. The summed E-state index contributed by atoms with van der Waals surface area (Å²) in [6, 6.07) is 0.393. The molecule has 6 heteroatoms. The van der Waals surface area contributed by atoms with Crippen LogP contribution in [0.25, 0.3) is 0 Å². The fraction of sp³-hybridized carbons (Fsp3) is 1.00. The molecule has 0 amide bonds. The summed E-state index contributed by atoms with van der Waals surface area (Å²) in [7, 11) is -3.33. The minimum Gasteiger partial charge on any atom is -0.287 e. The van der Waals surface area contributed by atoms with Gasteiger partial charge in [-0.3, -0.25) is 4.90 Å². The van der Waals surface area contributed by atoms with Gasteiger partial charge in [-0.15, -0.1) is 0 Å². The van der Waals surface area contributed by atoms with Gasteiger partial charge in [0.25, 0.3) is 0 Å². The Morgan fingerprint density at radius 3 is 2.33 bits per heavy atom. The Labute approximate surface area is 86.7 Å². The molecule has 1 saturated heterocycles. The molecule has 1 heterocycles. The topological polar surface area (TPSA) is 63.4 Å². The summed E-state index contributed by atoms with van der Waals surface area (Å²) in [5.41, 5.74) is 0. The fourth-order valence-corrected chi connectivity index (χ4v) is 4.40. The lowest BCUT2D eigenvalue weighted by atomic mass is 10.1. The van der Waals surface area contributed by atoms with Crippen molar-refractivity contribution in [3.8, 4) is 0 Å². The monoisotopic (exact) mass is 304 g/mol. The highest BCUT2D eigenvalue weighted by molar-refractivity contribution is 14.1. The average molecular weight is 304 g/mol. The van der Waals surface area contributed by atoms with Crippen molar-refractivity contribution in [3.63, 3.8) is 0 Å². The number of likely N-dealkylation sites (tertiary alicyclic amines) is 1. The molecule has 0 bridgehead atoms. The van der Waals surface area contributed by atoms with Gasteiger partial charge in [0.05, 0.1) is 4.05 Å². The molecule has 1 aliphatic rings. The van der Waals surface area contributed by atoms with Crippen LogP contribution in [0.5, 0.6) is 0 Å². The summed E-state index contributed by atoms with van der Waals surface area (Å²) >= 11 is 2.12. The number of halogens is 1. The first kappa shape index (κ1) is 10.7. The first-order valence-electron chi connectivity index (χ1n) is 3.75. The lowest BCUT2D eigenvalue weighted by molar-refractivity contribution is 0.129. The van der Waals surface area contributed by atoms with Crippen LogP contribution in [0.15, 0.2) is 0 Å². The van der Waals surface area contributed by atoms with Gasteiger partial charge in [-0.25, -0.2) is 13.6 Å². The molecular formula is C6H13IN2O2S. The van der Waals surface area contributed by atoms with Crippen LogP contribution in [-0.2, 0) is 10.0 Å². The molecule has 2 N–H and O–H groups in total. The minimum atomic E-state index is -3.33. The Hall–Kier alpha value is 0.600. The maximum atomic E-state index is 10.9. The number of hydrogen-bond donors (Lipinski definition) is 1. The van der Waals surface area contributed by atoms with Crippen LogP contribution in [0.3, 0.4) is 0 Å². The Morgan fingerprint density at radius 1 is 1.58 bits per heavy atom. The maximum absolute atomic E-state index is 10.9. The first-order valence-corrected chi connectivity index (χ1v) is 6.61. The van der Waals surface area contributed by atoms with Gasteiger partial charge < -0.3 is 0 Å². The second kappa shape index (κ2) is 3.39. The molecular weight excluding hydrogens is 291 g/mol. The summed E-state index contributed by atoms with van der Waals surface area (Å²) < 4.78 is 21.9. The van der Waals surface area contributed by atoms with Gasteiger partial charge in [0.15, 0.2) is 0 Å². The van der Waals surface area contributed by atoms with Gasteiger partial charge in [0.2, 0.25) is 10.0 Å². The summed E-state index contributed by atoms with van der Waals surface area (Å²) in [5.74, 6) is 0. The van der Waals surface area contributed by atoms with E-state index in [1.807, 2.05) is 13.8 Å². The van der Waals surface area contributed by atoms with Gasteiger partial charge in [-0.1, -0.05) is 22.6 Å². The average Bonchev–Trinajstić information content (AvgIpc) is 1.80. The van der Waals surface area contributed by atoms with Crippen LogP contribution in [0.2, 0.25) is 0 Å². The number of hydrogen-bond acceptors (Lipinski definition) is 3. The van der Waals surface area contributed by atoms with Gasteiger partial charge in [0, 0.05) is 12.6 Å². The third-order valence-corrected chi connectivity index (χ3v) is 5.42. The zero-order chi connectivity index (χ0) is 9.52. The van der Waals surface area contributed by atoms with E-state index in [1.165, 1.54) is 0 Å². The molecule has 72 valence electrons. The summed E-state index contributed by atoms with van der Waals surface area (Å²) in [5, 5.41) is 4.66. The SMILES string of the molecule is CC(C)N1CC(S(N)(=O)=O)C1I. The first-order chi connectivity index (χ1) is 5.34. The van der Waals surface area contributed by atoms with E-state index in [0.717, 1.165) is 0 Å². The molecule has 0 aromatic heterocycles. The minimum absolute atomic E-state index is 0.0394. The van der Waals surface area contributed by atoms with Crippen molar-refractivity contribution in [1.82, 2.24) is 4.90 Å². The highest BCUT2D eigenvalue weighted by atomic mass is 127. The molecule has 0 spiro atoms. The summed E-state index contributed by atoms with van der Waals surface area (Å²) in [6.45, 7) is 4.67. The van der Waals surface area contributed by atoms with Crippen molar-refractivity contribution in [3.05, 3.63) is 0 Å². The summed E-state index contributed by atoms with van der Waals surface area (Å²) in [4.78, 5) is 2.11. The van der Waals surface area contributed by atoms with E-state index in [4.69, 9.17) is 5.14 Å². The molecule has 0 radical (unpaired) electrons. The molecule has 0 aliphatic carbocycles. The van der Waals surface area contributed by atoms with Gasteiger partial charge >= 0.3 is 0 Å².